The summed E-state index contributed by atoms with van der Waals surface area (Å²) in [5, 5.41) is 9.15. The quantitative estimate of drug-likeness (QED) is 0.172. The van der Waals surface area contributed by atoms with Crippen molar-refractivity contribution >= 4 is 82.5 Å². The summed E-state index contributed by atoms with van der Waals surface area (Å²) in [6.07, 6.45) is 2.09. The van der Waals surface area contributed by atoms with Crippen LogP contribution in [0.15, 0.2) is 227 Å². The molecule has 9 aromatic carbocycles. The summed E-state index contributed by atoms with van der Waals surface area (Å²) in [5.41, 5.74) is 12.2. The lowest BCUT2D eigenvalue weighted by molar-refractivity contribution is 0.668. The predicted molar refractivity (Wildman–Crippen MR) is 252 cm³/mol. The SMILES string of the molecule is C=C1C=C(c2cc3oc4ccccc4c3cc2-n2c3ccccc3c3cc4ccccc4cc32)N=C(c2ccc3ccccc3c2)N=C1c1ccc(-c2ccccc2)cc1. The van der Waals surface area contributed by atoms with E-state index in [0.717, 1.165) is 94.2 Å². The fourth-order valence-corrected chi connectivity index (χ4v) is 8.94. The van der Waals surface area contributed by atoms with E-state index in [0.29, 0.717) is 5.84 Å². The van der Waals surface area contributed by atoms with Crippen molar-refractivity contribution in [3.63, 3.8) is 0 Å². The van der Waals surface area contributed by atoms with Crippen molar-refractivity contribution in [1.29, 1.82) is 0 Å². The molecule has 280 valence electrons. The average Bonchev–Trinajstić information content (AvgIpc) is 3.76. The van der Waals surface area contributed by atoms with Crippen LogP contribution in [-0.4, -0.2) is 16.1 Å². The van der Waals surface area contributed by atoms with E-state index in [9.17, 15) is 0 Å². The van der Waals surface area contributed by atoms with Gasteiger partial charge in [0.1, 0.15) is 11.2 Å². The van der Waals surface area contributed by atoms with Gasteiger partial charge in [0.15, 0.2) is 5.84 Å². The van der Waals surface area contributed by atoms with Crippen LogP contribution in [0.5, 0.6) is 0 Å². The van der Waals surface area contributed by atoms with Gasteiger partial charge in [0.2, 0.25) is 0 Å². The summed E-state index contributed by atoms with van der Waals surface area (Å²) in [7, 11) is 0. The molecule has 0 spiro atoms. The van der Waals surface area contributed by atoms with Gasteiger partial charge in [0.05, 0.1) is 28.1 Å². The molecule has 0 bridgehead atoms. The van der Waals surface area contributed by atoms with E-state index in [1.54, 1.807) is 0 Å². The van der Waals surface area contributed by atoms with Gasteiger partial charge in [0.25, 0.3) is 0 Å². The number of hydrogen-bond acceptors (Lipinski definition) is 3. The Morgan fingerprint density at radius 3 is 1.87 bits per heavy atom. The smallest absolute Gasteiger partial charge is 0.160 e. The third-order valence-electron chi connectivity index (χ3n) is 11.9. The maximum Gasteiger partial charge on any atom is 0.160 e. The summed E-state index contributed by atoms with van der Waals surface area (Å²) < 4.78 is 9.01. The van der Waals surface area contributed by atoms with Gasteiger partial charge in [0, 0.05) is 38.2 Å². The highest BCUT2D eigenvalue weighted by molar-refractivity contribution is 6.24. The van der Waals surface area contributed by atoms with E-state index in [2.05, 4.69) is 193 Å². The van der Waals surface area contributed by atoms with Gasteiger partial charge in [-0.25, -0.2) is 9.98 Å². The van der Waals surface area contributed by atoms with E-state index in [4.69, 9.17) is 14.4 Å². The van der Waals surface area contributed by atoms with E-state index < -0.39 is 0 Å². The first-order valence-corrected chi connectivity index (χ1v) is 20.2. The number of furan rings is 1. The number of hydrogen-bond donors (Lipinski definition) is 0. The van der Waals surface area contributed by atoms with Gasteiger partial charge < -0.3 is 8.98 Å². The van der Waals surface area contributed by atoms with Gasteiger partial charge in [-0.15, -0.1) is 0 Å². The fourth-order valence-electron chi connectivity index (χ4n) is 8.94. The van der Waals surface area contributed by atoms with Crippen LogP contribution in [0, 0.1) is 0 Å². The Morgan fingerprint density at radius 2 is 1.05 bits per heavy atom. The number of aliphatic imine (C=N–C) groups is 2. The molecule has 3 heterocycles. The number of fused-ring (bicyclic) bond motifs is 8. The minimum absolute atomic E-state index is 0.608. The fraction of sp³-hybridized carbons (Fsp3) is 0. The molecule has 0 saturated carbocycles. The molecule has 0 fully saturated rings. The summed E-state index contributed by atoms with van der Waals surface area (Å²) in [6, 6.07) is 68.5. The second-order valence-electron chi connectivity index (χ2n) is 15.5. The maximum atomic E-state index is 6.61. The Kier molecular flexibility index (Phi) is 7.66. The molecule has 0 radical (unpaired) electrons. The molecular weight excluding hydrogens is 731 g/mol. The molecule has 0 unspecified atom stereocenters. The molecule has 0 amide bonds. The molecule has 60 heavy (non-hydrogen) atoms. The normalized spacial score (nSPS) is 13.3. The third-order valence-corrected chi connectivity index (χ3v) is 11.9. The molecule has 12 rings (SSSR count). The standard InChI is InChI=1S/C56H35N3O/c1-35-29-49(57-56(43-28-25-37-15-5-6-16-40(37)30-43)58-55(35)39-26-23-38(24-27-39)36-13-3-2-4-14-36)48-34-54-47(45-20-10-12-22-53(45)60-54)33-52(48)59-50-21-11-9-19-44(50)46-31-41-17-7-8-18-42(41)32-51(46)59/h2-34H,1H2. The third kappa shape index (κ3) is 5.53. The Bertz CT molecular complexity index is 3650. The maximum absolute atomic E-state index is 6.61. The first-order chi connectivity index (χ1) is 29.6. The summed E-state index contributed by atoms with van der Waals surface area (Å²) in [6.45, 7) is 4.68. The number of nitrogens with zero attached hydrogens (tertiary/aromatic N) is 3. The Morgan fingerprint density at radius 1 is 0.417 bits per heavy atom. The van der Waals surface area contributed by atoms with Crippen LogP contribution in [0.3, 0.4) is 0 Å². The first-order valence-electron chi connectivity index (χ1n) is 20.2. The van der Waals surface area contributed by atoms with Crippen molar-refractivity contribution in [2.75, 3.05) is 0 Å². The monoisotopic (exact) mass is 765 g/mol. The van der Waals surface area contributed by atoms with Crippen molar-refractivity contribution in [3.8, 4) is 16.8 Å². The molecular formula is C56H35N3O. The van der Waals surface area contributed by atoms with Crippen molar-refractivity contribution in [2.45, 2.75) is 0 Å². The highest BCUT2D eigenvalue weighted by atomic mass is 16.3. The first kappa shape index (κ1) is 34.0. The second kappa shape index (κ2) is 13.5. The van der Waals surface area contributed by atoms with Crippen molar-refractivity contribution in [2.24, 2.45) is 9.98 Å². The van der Waals surface area contributed by atoms with Crippen molar-refractivity contribution < 1.29 is 4.42 Å². The van der Waals surface area contributed by atoms with Crippen LogP contribution in [0.25, 0.3) is 87.8 Å². The number of para-hydroxylation sites is 2. The summed E-state index contributed by atoms with van der Waals surface area (Å²) in [5.74, 6) is 0.608. The lowest BCUT2D eigenvalue weighted by atomic mass is 9.97. The molecule has 1 aliphatic heterocycles. The largest absolute Gasteiger partial charge is 0.456 e. The van der Waals surface area contributed by atoms with Gasteiger partial charge in [-0.2, -0.15) is 0 Å². The minimum atomic E-state index is 0.608. The number of rotatable bonds is 5. The topological polar surface area (TPSA) is 42.8 Å². The molecule has 0 atom stereocenters. The van der Waals surface area contributed by atoms with E-state index in [1.165, 1.54) is 21.5 Å². The molecule has 4 nitrogen and oxygen atoms in total. The molecule has 2 aromatic heterocycles. The van der Waals surface area contributed by atoms with Crippen molar-refractivity contribution in [1.82, 2.24) is 4.57 Å². The molecule has 11 aromatic rings. The van der Waals surface area contributed by atoms with Crippen LogP contribution in [-0.2, 0) is 0 Å². The number of amidine groups is 1. The second-order valence-corrected chi connectivity index (χ2v) is 15.5. The summed E-state index contributed by atoms with van der Waals surface area (Å²) in [4.78, 5) is 10.9. The van der Waals surface area contributed by atoms with Crippen LogP contribution in [0.4, 0.5) is 0 Å². The molecule has 0 saturated heterocycles. The molecule has 1 aliphatic rings. The summed E-state index contributed by atoms with van der Waals surface area (Å²) >= 11 is 0. The van der Waals surface area contributed by atoms with Crippen LogP contribution < -0.4 is 0 Å². The number of aromatic nitrogens is 1. The lowest BCUT2D eigenvalue weighted by Crippen LogP contribution is -2.07. The zero-order chi connectivity index (χ0) is 39.7. The van der Waals surface area contributed by atoms with E-state index >= 15 is 0 Å². The van der Waals surface area contributed by atoms with Crippen molar-refractivity contribution in [3.05, 3.63) is 229 Å². The van der Waals surface area contributed by atoms with Gasteiger partial charge in [-0.3, -0.25) is 0 Å². The molecule has 0 N–H and O–H groups in total. The Balaban J connectivity index is 1.13. The van der Waals surface area contributed by atoms with Crippen LogP contribution in [0.2, 0.25) is 0 Å². The number of benzene rings is 9. The van der Waals surface area contributed by atoms with Gasteiger partial charge >= 0.3 is 0 Å². The highest BCUT2D eigenvalue weighted by Crippen LogP contribution is 2.41. The Labute approximate surface area is 346 Å². The zero-order valence-corrected chi connectivity index (χ0v) is 32.5. The van der Waals surface area contributed by atoms with Crippen LogP contribution >= 0.6 is 0 Å². The predicted octanol–water partition coefficient (Wildman–Crippen LogP) is 14.5. The highest BCUT2D eigenvalue weighted by Gasteiger charge is 2.23. The minimum Gasteiger partial charge on any atom is -0.456 e. The molecule has 0 aliphatic carbocycles. The van der Waals surface area contributed by atoms with Gasteiger partial charge in [-0.05, 0) is 86.8 Å². The van der Waals surface area contributed by atoms with Gasteiger partial charge in [-0.1, -0.05) is 158 Å². The lowest BCUT2D eigenvalue weighted by Gasteiger charge is -2.15. The zero-order valence-electron chi connectivity index (χ0n) is 32.5. The Hall–Kier alpha value is -8.08. The number of allylic oxidation sites excluding steroid dienone is 2. The molecule has 4 heteroatoms. The van der Waals surface area contributed by atoms with E-state index in [1.807, 2.05) is 18.2 Å². The van der Waals surface area contributed by atoms with Crippen LogP contribution in [0.1, 0.15) is 16.7 Å². The average molecular weight is 766 g/mol. The van der Waals surface area contributed by atoms with E-state index in [-0.39, 0.29) is 0 Å².